The molecule has 0 radical (unpaired) electrons. The van der Waals surface area contributed by atoms with Crippen LogP contribution in [0.15, 0.2) is 30.3 Å². The first-order valence-electron chi connectivity index (χ1n) is 7.05. The molecule has 0 saturated heterocycles. The van der Waals surface area contributed by atoms with Crippen LogP contribution in [-0.4, -0.2) is 36.3 Å². The molecule has 1 aromatic carbocycles. The Morgan fingerprint density at radius 1 is 1.20 bits per heavy atom. The largest absolute Gasteiger partial charge is 0.352 e. The third kappa shape index (κ3) is 4.68. The molecule has 0 spiro atoms. The Labute approximate surface area is 121 Å². The van der Waals surface area contributed by atoms with E-state index in [9.17, 15) is 9.59 Å². The summed E-state index contributed by atoms with van der Waals surface area (Å²) in [5.74, 6) is -0.329. The van der Waals surface area contributed by atoms with Crippen LogP contribution >= 0.6 is 0 Å². The van der Waals surface area contributed by atoms with E-state index in [1.165, 1.54) is 4.90 Å². The number of carbonyl (C=O) groups excluding carboxylic acids is 2. The molecular weight excluding hydrogens is 252 g/mol. The maximum atomic E-state index is 12.4. The van der Waals surface area contributed by atoms with Crippen LogP contribution in [0, 0.1) is 0 Å². The van der Waals surface area contributed by atoms with Crippen molar-refractivity contribution < 1.29 is 9.59 Å². The number of hydrogen-bond acceptors (Lipinski definition) is 2. The monoisotopic (exact) mass is 276 g/mol. The van der Waals surface area contributed by atoms with Crippen LogP contribution in [0.25, 0.3) is 0 Å². The van der Waals surface area contributed by atoms with Crippen LogP contribution in [0.2, 0.25) is 0 Å². The quantitative estimate of drug-likeness (QED) is 0.865. The van der Waals surface area contributed by atoms with Crippen LogP contribution in [0.4, 0.5) is 0 Å². The minimum absolute atomic E-state index is 0.0161. The van der Waals surface area contributed by atoms with Crippen molar-refractivity contribution in [3.8, 4) is 0 Å². The highest BCUT2D eigenvalue weighted by atomic mass is 16.2. The zero-order chi connectivity index (χ0) is 15.1. The molecule has 0 aliphatic heterocycles. The van der Waals surface area contributed by atoms with Crippen LogP contribution < -0.4 is 5.32 Å². The Bertz CT molecular complexity index is 443. The minimum Gasteiger partial charge on any atom is -0.352 e. The maximum Gasteiger partial charge on any atom is 0.239 e. The second-order valence-corrected chi connectivity index (χ2v) is 5.29. The molecule has 1 rings (SSSR count). The van der Waals surface area contributed by atoms with E-state index >= 15 is 0 Å². The Hall–Kier alpha value is -1.84. The van der Waals surface area contributed by atoms with Gasteiger partial charge in [-0.3, -0.25) is 9.59 Å². The zero-order valence-corrected chi connectivity index (χ0v) is 12.7. The van der Waals surface area contributed by atoms with Crippen molar-refractivity contribution in [2.75, 3.05) is 13.6 Å². The molecular formula is C16H24N2O2. The van der Waals surface area contributed by atoms with Crippen molar-refractivity contribution >= 4 is 11.8 Å². The average molecular weight is 276 g/mol. The lowest BCUT2D eigenvalue weighted by Crippen LogP contribution is -2.42. The summed E-state index contributed by atoms with van der Waals surface area (Å²) in [6.07, 6.45) is 0.721. The van der Waals surface area contributed by atoms with Gasteiger partial charge in [0.2, 0.25) is 11.8 Å². The molecule has 0 aliphatic rings. The zero-order valence-electron chi connectivity index (χ0n) is 12.7. The highest BCUT2D eigenvalue weighted by Crippen LogP contribution is 2.21. The van der Waals surface area contributed by atoms with Gasteiger partial charge in [0.1, 0.15) is 0 Å². The number of hydrogen-bond donors (Lipinski definition) is 1. The van der Waals surface area contributed by atoms with E-state index in [1.54, 1.807) is 7.05 Å². The second-order valence-electron chi connectivity index (χ2n) is 5.29. The Morgan fingerprint density at radius 2 is 1.80 bits per heavy atom. The SMILES string of the molecule is CCC(C(=O)N(C)CC(=O)NC(C)C)c1ccccc1. The molecule has 1 unspecified atom stereocenters. The van der Waals surface area contributed by atoms with Crippen LogP contribution in [0.3, 0.4) is 0 Å². The molecule has 4 heteroatoms. The van der Waals surface area contributed by atoms with Crippen molar-refractivity contribution in [2.45, 2.75) is 39.2 Å². The summed E-state index contributed by atoms with van der Waals surface area (Å²) in [5.41, 5.74) is 0.996. The van der Waals surface area contributed by atoms with Crippen LogP contribution in [-0.2, 0) is 9.59 Å². The van der Waals surface area contributed by atoms with Gasteiger partial charge in [0, 0.05) is 13.1 Å². The minimum atomic E-state index is -0.187. The van der Waals surface area contributed by atoms with E-state index in [0.29, 0.717) is 0 Å². The van der Waals surface area contributed by atoms with Gasteiger partial charge < -0.3 is 10.2 Å². The molecule has 0 bridgehead atoms. The lowest BCUT2D eigenvalue weighted by molar-refractivity contribution is -0.136. The molecule has 0 saturated carbocycles. The smallest absolute Gasteiger partial charge is 0.239 e. The standard InChI is InChI=1S/C16H24N2O2/c1-5-14(13-9-7-6-8-10-13)16(20)18(4)11-15(19)17-12(2)3/h6-10,12,14H,5,11H2,1-4H3,(H,17,19). The molecule has 1 atom stereocenters. The predicted molar refractivity (Wildman–Crippen MR) is 80.4 cm³/mol. The van der Waals surface area contributed by atoms with E-state index in [1.807, 2.05) is 51.1 Å². The number of rotatable bonds is 6. The van der Waals surface area contributed by atoms with Gasteiger partial charge in [-0.1, -0.05) is 37.3 Å². The number of carbonyl (C=O) groups is 2. The summed E-state index contributed by atoms with van der Waals surface area (Å²) in [5, 5.41) is 2.79. The molecule has 2 amide bonds. The topological polar surface area (TPSA) is 49.4 Å². The number of benzene rings is 1. The summed E-state index contributed by atoms with van der Waals surface area (Å²) in [7, 11) is 1.67. The molecule has 110 valence electrons. The average Bonchev–Trinajstić information content (AvgIpc) is 2.39. The Kier molecular flexibility index (Phi) is 6.22. The molecule has 0 fully saturated rings. The van der Waals surface area contributed by atoms with E-state index < -0.39 is 0 Å². The second kappa shape index (κ2) is 7.68. The summed E-state index contributed by atoms with van der Waals surface area (Å²) in [6, 6.07) is 9.78. The summed E-state index contributed by atoms with van der Waals surface area (Å²) < 4.78 is 0. The number of likely N-dealkylation sites (N-methyl/N-ethyl adjacent to an activating group) is 1. The van der Waals surface area contributed by atoms with E-state index in [0.717, 1.165) is 12.0 Å². The molecule has 0 heterocycles. The van der Waals surface area contributed by atoms with Gasteiger partial charge in [0.25, 0.3) is 0 Å². The first kappa shape index (κ1) is 16.2. The third-order valence-corrected chi connectivity index (χ3v) is 3.11. The molecule has 1 N–H and O–H groups in total. The van der Waals surface area contributed by atoms with Gasteiger partial charge in [-0.25, -0.2) is 0 Å². The van der Waals surface area contributed by atoms with E-state index in [4.69, 9.17) is 0 Å². The van der Waals surface area contributed by atoms with Gasteiger partial charge >= 0.3 is 0 Å². The summed E-state index contributed by atoms with van der Waals surface area (Å²) in [6.45, 7) is 5.88. The fourth-order valence-corrected chi connectivity index (χ4v) is 2.17. The fraction of sp³-hybridized carbons (Fsp3) is 0.500. The van der Waals surface area contributed by atoms with Gasteiger partial charge in [-0.05, 0) is 25.8 Å². The van der Waals surface area contributed by atoms with Crippen molar-refractivity contribution in [3.05, 3.63) is 35.9 Å². The first-order valence-corrected chi connectivity index (χ1v) is 7.05. The Morgan fingerprint density at radius 3 is 2.30 bits per heavy atom. The molecule has 4 nitrogen and oxygen atoms in total. The molecule has 1 aromatic rings. The molecule has 0 aromatic heterocycles. The lowest BCUT2D eigenvalue weighted by atomic mass is 9.95. The first-order chi connectivity index (χ1) is 9.45. The summed E-state index contributed by atoms with van der Waals surface area (Å²) >= 11 is 0. The van der Waals surface area contributed by atoms with Crippen molar-refractivity contribution in [2.24, 2.45) is 0 Å². The highest BCUT2D eigenvalue weighted by molar-refractivity contribution is 5.88. The molecule has 20 heavy (non-hydrogen) atoms. The van der Waals surface area contributed by atoms with E-state index in [-0.39, 0.29) is 30.3 Å². The number of nitrogens with zero attached hydrogens (tertiary/aromatic N) is 1. The van der Waals surface area contributed by atoms with Crippen molar-refractivity contribution in [3.63, 3.8) is 0 Å². The number of amides is 2. The highest BCUT2D eigenvalue weighted by Gasteiger charge is 2.23. The van der Waals surface area contributed by atoms with Gasteiger partial charge in [-0.15, -0.1) is 0 Å². The normalized spacial score (nSPS) is 12.1. The number of nitrogens with one attached hydrogen (secondary N) is 1. The van der Waals surface area contributed by atoms with Gasteiger partial charge in [-0.2, -0.15) is 0 Å². The fourth-order valence-electron chi connectivity index (χ4n) is 2.17. The van der Waals surface area contributed by atoms with Crippen molar-refractivity contribution in [1.29, 1.82) is 0 Å². The van der Waals surface area contributed by atoms with E-state index in [2.05, 4.69) is 5.32 Å². The maximum absolute atomic E-state index is 12.4. The lowest BCUT2D eigenvalue weighted by Gasteiger charge is -2.23. The third-order valence-electron chi connectivity index (χ3n) is 3.11. The molecule has 0 aliphatic carbocycles. The van der Waals surface area contributed by atoms with Gasteiger partial charge in [0.15, 0.2) is 0 Å². The van der Waals surface area contributed by atoms with Crippen LogP contribution in [0.1, 0.15) is 38.7 Å². The van der Waals surface area contributed by atoms with Crippen LogP contribution in [0.5, 0.6) is 0 Å². The predicted octanol–water partition coefficient (Wildman–Crippen LogP) is 2.16. The van der Waals surface area contributed by atoms with Gasteiger partial charge in [0.05, 0.1) is 12.5 Å². The van der Waals surface area contributed by atoms with Crippen molar-refractivity contribution in [1.82, 2.24) is 10.2 Å². The summed E-state index contributed by atoms with van der Waals surface area (Å²) in [4.78, 5) is 25.7. The Balaban J connectivity index is 2.69.